The number of hydrogen-bond donors (Lipinski definition) is 0. The predicted octanol–water partition coefficient (Wildman–Crippen LogP) is 3.45. The number of aryl methyl sites for hydroxylation is 1. The molecule has 1 fully saturated rings. The highest BCUT2D eigenvalue weighted by Gasteiger charge is 2.21. The van der Waals surface area contributed by atoms with E-state index in [1.807, 2.05) is 24.4 Å². The summed E-state index contributed by atoms with van der Waals surface area (Å²) in [7, 11) is 2.18. The Labute approximate surface area is 122 Å². The Hall–Kier alpha value is -1.35. The van der Waals surface area contributed by atoms with Gasteiger partial charge in [0.15, 0.2) is 0 Å². The van der Waals surface area contributed by atoms with Crippen LogP contribution in [0.15, 0.2) is 31.0 Å². The number of hydrogen-bond acceptors (Lipinski definition) is 3. The van der Waals surface area contributed by atoms with Gasteiger partial charge in [-0.05, 0) is 64.3 Å². The van der Waals surface area contributed by atoms with Crippen LogP contribution in [0.2, 0.25) is 0 Å². The highest BCUT2D eigenvalue weighted by atomic mass is 16.5. The standard InChI is InChI=1S/C17H26N2O/c1-3-4-5-6-10-16-17(11-7-12-18-16)20-14-15-9-8-13-19(15)2/h3,7,11-12,15H,1,4-6,8-10,13-14H2,2H3/t15-/m0/s1. The lowest BCUT2D eigenvalue weighted by Gasteiger charge is -2.20. The molecule has 0 unspecified atom stereocenters. The number of likely N-dealkylation sites (N-methyl/N-ethyl adjacent to an activating group) is 1. The third-order valence-corrected chi connectivity index (χ3v) is 4.02. The minimum atomic E-state index is 0.559. The topological polar surface area (TPSA) is 25.4 Å². The van der Waals surface area contributed by atoms with Gasteiger partial charge >= 0.3 is 0 Å². The van der Waals surface area contributed by atoms with Gasteiger partial charge in [-0.2, -0.15) is 0 Å². The lowest BCUT2D eigenvalue weighted by Crippen LogP contribution is -2.30. The van der Waals surface area contributed by atoms with Gasteiger partial charge < -0.3 is 9.64 Å². The number of ether oxygens (including phenoxy) is 1. The van der Waals surface area contributed by atoms with Crippen molar-refractivity contribution in [3.63, 3.8) is 0 Å². The van der Waals surface area contributed by atoms with Crippen LogP contribution in [0.25, 0.3) is 0 Å². The van der Waals surface area contributed by atoms with Crippen molar-refractivity contribution in [3.8, 4) is 5.75 Å². The van der Waals surface area contributed by atoms with Crippen LogP contribution < -0.4 is 4.74 Å². The van der Waals surface area contributed by atoms with Crippen molar-refractivity contribution in [2.45, 2.75) is 44.6 Å². The molecule has 1 aromatic heterocycles. The van der Waals surface area contributed by atoms with Crippen LogP contribution in [0, 0.1) is 0 Å². The summed E-state index contributed by atoms with van der Waals surface area (Å²) in [6, 6.07) is 4.56. The van der Waals surface area contributed by atoms with Gasteiger partial charge in [-0.15, -0.1) is 6.58 Å². The molecule has 0 aliphatic carbocycles. The van der Waals surface area contributed by atoms with Crippen LogP contribution >= 0.6 is 0 Å². The maximum absolute atomic E-state index is 6.02. The molecule has 1 aliphatic heterocycles. The molecule has 2 heterocycles. The molecule has 1 atom stereocenters. The first kappa shape index (κ1) is 15.0. The van der Waals surface area contributed by atoms with Gasteiger partial charge in [0.1, 0.15) is 12.4 Å². The Bertz CT molecular complexity index is 419. The quantitative estimate of drug-likeness (QED) is 0.536. The molecule has 1 saturated heterocycles. The van der Waals surface area contributed by atoms with Crippen LogP contribution in [-0.2, 0) is 6.42 Å². The molecule has 0 N–H and O–H groups in total. The molecule has 110 valence electrons. The highest BCUT2D eigenvalue weighted by Crippen LogP contribution is 2.21. The predicted molar refractivity (Wildman–Crippen MR) is 83.1 cm³/mol. The van der Waals surface area contributed by atoms with Crippen molar-refractivity contribution >= 4 is 0 Å². The van der Waals surface area contributed by atoms with E-state index in [9.17, 15) is 0 Å². The Morgan fingerprint density at radius 1 is 1.50 bits per heavy atom. The summed E-state index contributed by atoms with van der Waals surface area (Å²) >= 11 is 0. The Kier molecular flexibility index (Phi) is 6.06. The third-order valence-electron chi connectivity index (χ3n) is 4.02. The van der Waals surface area contributed by atoms with Gasteiger partial charge in [0.05, 0.1) is 5.69 Å². The van der Waals surface area contributed by atoms with Crippen LogP contribution in [0.1, 0.15) is 37.8 Å². The molecule has 20 heavy (non-hydrogen) atoms. The highest BCUT2D eigenvalue weighted by molar-refractivity contribution is 5.27. The van der Waals surface area contributed by atoms with Crippen LogP contribution in [0.4, 0.5) is 0 Å². The number of rotatable bonds is 8. The fourth-order valence-corrected chi connectivity index (χ4v) is 2.70. The summed E-state index contributed by atoms with van der Waals surface area (Å²) in [6.45, 7) is 5.73. The summed E-state index contributed by atoms with van der Waals surface area (Å²) in [4.78, 5) is 6.87. The molecule has 3 nitrogen and oxygen atoms in total. The fraction of sp³-hybridized carbons (Fsp3) is 0.588. The second-order valence-corrected chi connectivity index (χ2v) is 5.57. The van der Waals surface area contributed by atoms with Crippen molar-refractivity contribution in [1.82, 2.24) is 9.88 Å². The van der Waals surface area contributed by atoms with E-state index in [-0.39, 0.29) is 0 Å². The van der Waals surface area contributed by atoms with Crippen molar-refractivity contribution in [2.24, 2.45) is 0 Å². The molecule has 3 heteroatoms. The molecule has 1 aromatic rings. The number of unbranched alkanes of at least 4 members (excludes halogenated alkanes) is 2. The molecule has 2 rings (SSSR count). The minimum Gasteiger partial charge on any atom is -0.490 e. The average Bonchev–Trinajstić information content (AvgIpc) is 2.88. The normalized spacial score (nSPS) is 19.1. The Morgan fingerprint density at radius 3 is 3.15 bits per heavy atom. The zero-order valence-corrected chi connectivity index (χ0v) is 12.6. The first-order chi connectivity index (χ1) is 9.81. The van der Waals surface area contributed by atoms with E-state index >= 15 is 0 Å². The molecule has 0 aromatic carbocycles. The van der Waals surface area contributed by atoms with E-state index in [1.54, 1.807) is 0 Å². The van der Waals surface area contributed by atoms with E-state index < -0.39 is 0 Å². The fourth-order valence-electron chi connectivity index (χ4n) is 2.70. The maximum Gasteiger partial charge on any atom is 0.140 e. The van der Waals surface area contributed by atoms with Crippen LogP contribution in [-0.4, -0.2) is 36.1 Å². The van der Waals surface area contributed by atoms with Crippen LogP contribution in [0.5, 0.6) is 5.75 Å². The molecule has 0 saturated carbocycles. The zero-order chi connectivity index (χ0) is 14.2. The van der Waals surface area contributed by atoms with Gasteiger partial charge in [-0.1, -0.05) is 6.08 Å². The third kappa shape index (κ3) is 4.34. The number of pyridine rings is 1. The lowest BCUT2D eigenvalue weighted by molar-refractivity contribution is 0.196. The van der Waals surface area contributed by atoms with Crippen molar-refractivity contribution in [3.05, 3.63) is 36.7 Å². The molecular weight excluding hydrogens is 248 g/mol. The average molecular weight is 274 g/mol. The van der Waals surface area contributed by atoms with E-state index in [4.69, 9.17) is 4.74 Å². The monoisotopic (exact) mass is 274 g/mol. The van der Waals surface area contributed by atoms with E-state index in [2.05, 4.69) is 23.5 Å². The smallest absolute Gasteiger partial charge is 0.140 e. The summed E-state index contributed by atoms with van der Waals surface area (Å²) < 4.78 is 6.02. The van der Waals surface area contributed by atoms with Crippen molar-refractivity contribution in [1.29, 1.82) is 0 Å². The zero-order valence-electron chi connectivity index (χ0n) is 12.6. The second kappa shape index (κ2) is 8.05. The van der Waals surface area contributed by atoms with Gasteiger partial charge in [-0.25, -0.2) is 0 Å². The first-order valence-corrected chi connectivity index (χ1v) is 7.69. The Balaban J connectivity index is 1.85. The molecule has 0 amide bonds. The first-order valence-electron chi connectivity index (χ1n) is 7.69. The van der Waals surface area contributed by atoms with E-state index in [1.165, 1.54) is 25.8 Å². The summed E-state index contributed by atoms with van der Waals surface area (Å²) in [5, 5.41) is 0. The molecule has 0 bridgehead atoms. The molecule has 0 spiro atoms. The summed E-state index contributed by atoms with van der Waals surface area (Å²) in [6.07, 6.45) is 10.7. The second-order valence-electron chi connectivity index (χ2n) is 5.57. The summed E-state index contributed by atoms with van der Waals surface area (Å²) in [5.74, 6) is 0.964. The van der Waals surface area contributed by atoms with Crippen molar-refractivity contribution < 1.29 is 4.74 Å². The van der Waals surface area contributed by atoms with E-state index in [0.717, 1.165) is 37.3 Å². The van der Waals surface area contributed by atoms with Gasteiger partial charge in [0.25, 0.3) is 0 Å². The number of likely N-dealkylation sites (tertiary alicyclic amines) is 1. The van der Waals surface area contributed by atoms with E-state index in [0.29, 0.717) is 6.04 Å². The largest absolute Gasteiger partial charge is 0.490 e. The minimum absolute atomic E-state index is 0.559. The SMILES string of the molecule is C=CCCCCc1ncccc1OC[C@@H]1CCCN1C. The number of aromatic nitrogens is 1. The summed E-state index contributed by atoms with van der Waals surface area (Å²) in [5.41, 5.74) is 1.09. The maximum atomic E-state index is 6.02. The van der Waals surface area contributed by atoms with Gasteiger partial charge in [0, 0.05) is 12.2 Å². The van der Waals surface area contributed by atoms with Crippen LogP contribution in [0.3, 0.4) is 0 Å². The van der Waals surface area contributed by atoms with Gasteiger partial charge in [-0.3, -0.25) is 4.98 Å². The Morgan fingerprint density at radius 2 is 2.40 bits per heavy atom. The van der Waals surface area contributed by atoms with Gasteiger partial charge in [0.2, 0.25) is 0 Å². The molecule has 1 aliphatic rings. The lowest BCUT2D eigenvalue weighted by atomic mass is 10.1. The number of nitrogens with zero attached hydrogens (tertiary/aromatic N) is 2. The molecule has 0 radical (unpaired) electrons. The number of allylic oxidation sites excluding steroid dienone is 1. The van der Waals surface area contributed by atoms with Crippen molar-refractivity contribution in [2.75, 3.05) is 20.2 Å². The molecular formula is C17H26N2O.